The van der Waals surface area contributed by atoms with Gasteiger partial charge in [-0.2, -0.15) is 0 Å². The van der Waals surface area contributed by atoms with Crippen molar-refractivity contribution in [3.63, 3.8) is 0 Å². The lowest BCUT2D eigenvalue weighted by molar-refractivity contribution is -0.133. The number of para-hydroxylation sites is 1. The van der Waals surface area contributed by atoms with E-state index in [9.17, 15) is 14.7 Å². The van der Waals surface area contributed by atoms with Gasteiger partial charge in [0.15, 0.2) is 0 Å². The van der Waals surface area contributed by atoms with E-state index in [4.69, 9.17) is 9.47 Å². The molecular weight excluding hydrogens is 466 g/mol. The molecule has 202 valence electrons. The largest absolute Gasteiger partial charge is 0.507 e. The molecule has 0 aliphatic carbocycles. The van der Waals surface area contributed by atoms with Gasteiger partial charge in [-0.25, -0.2) is 4.79 Å². The summed E-state index contributed by atoms with van der Waals surface area (Å²) in [5, 5.41) is 12.4. The van der Waals surface area contributed by atoms with Crippen LogP contribution in [0.4, 0.5) is 0 Å². The van der Waals surface area contributed by atoms with Gasteiger partial charge in [0.2, 0.25) is 5.91 Å². The van der Waals surface area contributed by atoms with Crippen molar-refractivity contribution in [2.45, 2.75) is 64.9 Å². The maximum atomic E-state index is 12.3. The molecule has 0 saturated heterocycles. The van der Waals surface area contributed by atoms with E-state index in [1.54, 1.807) is 12.1 Å². The highest BCUT2D eigenvalue weighted by molar-refractivity contribution is 5.92. The zero-order chi connectivity index (χ0) is 27.0. The number of aromatic hydroxyl groups is 1. The van der Waals surface area contributed by atoms with Crippen LogP contribution < -0.4 is 5.32 Å². The highest BCUT2D eigenvalue weighted by Gasteiger charge is 2.16. The fourth-order valence-electron chi connectivity index (χ4n) is 3.18. The summed E-state index contributed by atoms with van der Waals surface area (Å²) in [6, 6.07) is 6.16. The monoisotopic (exact) mass is 509 g/mol. The summed E-state index contributed by atoms with van der Waals surface area (Å²) in [6.45, 7) is 4.67. The molecule has 0 aromatic heterocycles. The molecule has 1 aromatic carbocycles. The van der Waals surface area contributed by atoms with Crippen molar-refractivity contribution in [3.05, 3.63) is 90.6 Å². The smallest absolute Gasteiger partial charge is 0.341 e. The lowest BCUT2D eigenvalue weighted by Gasteiger charge is -2.15. The van der Waals surface area contributed by atoms with E-state index in [1.807, 2.05) is 6.92 Å². The lowest BCUT2D eigenvalue weighted by Crippen LogP contribution is -2.38. The van der Waals surface area contributed by atoms with Gasteiger partial charge in [0.1, 0.15) is 24.0 Å². The number of benzene rings is 1. The second-order valence-corrected chi connectivity index (χ2v) is 8.21. The van der Waals surface area contributed by atoms with Gasteiger partial charge in [0, 0.05) is 0 Å². The third-order valence-corrected chi connectivity index (χ3v) is 5.18. The minimum absolute atomic E-state index is 0.00930. The van der Waals surface area contributed by atoms with E-state index in [-0.39, 0.29) is 30.4 Å². The second kappa shape index (κ2) is 21.9. The molecule has 0 aliphatic rings. The molecule has 6 nitrogen and oxygen atoms in total. The van der Waals surface area contributed by atoms with E-state index < -0.39 is 12.1 Å². The summed E-state index contributed by atoms with van der Waals surface area (Å²) in [5.74, 6) is -0.999. The van der Waals surface area contributed by atoms with Gasteiger partial charge in [-0.05, 0) is 57.1 Å². The minimum atomic E-state index is -0.632. The molecule has 6 heteroatoms. The predicted molar refractivity (Wildman–Crippen MR) is 151 cm³/mol. The number of amides is 1. The quantitative estimate of drug-likeness (QED) is 0.125. The number of carbonyl (C=O) groups is 2. The number of phenolic OH excluding ortho intramolecular Hbond substituents is 1. The van der Waals surface area contributed by atoms with Gasteiger partial charge in [-0.1, -0.05) is 86.7 Å². The molecule has 0 saturated carbocycles. The van der Waals surface area contributed by atoms with Crippen molar-refractivity contribution in [2.24, 2.45) is 0 Å². The molecule has 0 spiro atoms. The van der Waals surface area contributed by atoms with Crippen molar-refractivity contribution in [2.75, 3.05) is 19.8 Å². The summed E-state index contributed by atoms with van der Waals surface area (Å²) in [7, 11) is 0. The van der Waals surface area contributed by atoms with Crippen molar-refractivity contribution >= 4 is 11.9 Å². The van der Waals surface area contributed by atoms with Gasteiger partial charge in [0.05, 0.1) is 13.2 Å². The lowest BCUT2D eigenvalue weighted by atomic mass is 10.2. The van der Waals surface area contributed by atoms with Crippen molar-refractivity contribution < 1.29 is 24.2 Å². The van der Waals surface area contributed by atoms with Crippen LogP contribution in [0, 0.1) is 0 Å². The third kappa shape index (κ3) is 16.1. The Morgan fingerprint density at radius 1 is 0.838 bits per heavy atom. The molecule has 1 amide bonds. The Morgan fingerprint density at radius 2 is 1.41 bits per heavy atom. The highest BCUT2D eigenvalue weighted by atomic mass is 16.5. The number of rotatable bonds is 19. The van der Waals surface area contributed by atoms with Crippen LogP contribution in [0.1, 0.15) is 69.2 Å². The molecule has 1 atom stereocenters. The first-order chi connectivity index (χ1) is 18.1. The molecule has 0 fully saturated rings. The Balaban J connectivity index is 2.10. The van der Waals surface area contributed by atoms with Crippen LogP contribution in [-0.4, -0.2) is 42.8 Å². The van der Waals surface area contributed by atoms with E-state index in [1.165, 1.54) is 12.1 Å². The van der Waals surface area contributed by atoms with Crippen LogP contribution in [0.3, 0.4) is 0 Å². The van der Waals surface area contributed by atoms with Crippen LogP contribution in [0.25, 0.3) is 0 Å². The molecular formula is C31H43NO5. The van der Waals surface area contributed by atoms with E-state index in [0.29, 0.717) is 13.0 Å². The molecule has 0 aliphatic heterocycles. The number of allylic oxidation sites excluding steroid dienone is 9. The maximum Gasteiger partial charge on any atom is 0.341 e. The molecule has 1 rings (SSSR count). The number of hydrogen-bond donors (Lipinski definition) is 2. The predicted octanol–water partition coefficient (Wildman–Crippen LogP) is 6.60. The SMILES string of the molecule is CC/C=C\C/C=C\C/C=C\C/C=C\C/C=C\CCOC(CC)C(=O)NCCOC(=O)c1ccccc1O. The van der Waals surface area contributed by atoms with Gasteiger partial charge in [-0.3, -0.25) is 4.79 Å². The maximum absolute atomic E-state index is 12.3. The topological polar surface area (TPSA) is 84.9 Å². The van der Waals surface area contributed by atoms with Gasteiger partial charge in [-0.15, -0.1) is 0 Å². The molecule has 1 aromatic rings. The zero-order valence-electron chi connectivity index (χ0n) is 22.3. The third-order valence-electron chi connectivity index (χ3n) is 5.18. The Bertz CT molecular complexity index is 914. The average molecular weight is 510 g/mol. The zero-order valence-corrected chi connectivity index (χ0v) is 22.3. The van der Waals surface area contributed by atoms with Gasteiger partial charge in [0.25, 0.3) is 0 Å². The standard InChI is InChI=1S/C31H43NO5/c1-3-5-6-7-8-9-10-11-12-13-14-15-16-17-18-21-25-36-29(4-2)30(34)32-24-26-37-31(35)27-22-19-20-23-28(27)33/h5-6,8-9,11-12,14-15,17-20,22-23,29,33H,3-4,7,10,13,16,21,24-26H2,1-2H3,(H,32,34)/b6-5-,9-8-,12-11-,15-14-,18-17-. The first-order valence-electron chi connectivity index (χ1n) is 13.2. The Labute approximate surface area is 222 Å². The summed E-state index contributed by atoms with van der Waals surface area (Å²) < 4.78 is 10.8. The minimum Gasteiger partial charge on any atom is -0.507 e. The summed E-state index contributed by atoms with van der Waals surface area (Å²) in [4.78, 5) is 24.2. The van der Waals surface area contributed by atoms with Crippen molar-refractivity contribution in [3.8, 4) is 5.75 Å². The summed E-state index contributed by atoms with van der Waals surface area (Å²) in [6.07, 6.45) is 27.2. The fraction of sp³-hybridized carbons (Fsp3) is 0.419. The number of ether oxygens (including phenoxy) is 2. The Hall–Kier alpha value is -3.38. The number of nitrogens with one attached hydrogen (secondary N) is 1. The van der Waals surface area contributed by atoms with Gasteiger partial charge < -0.3 is 19.9 Å². The summed E-state index contributed by atoms with van der Waals surface area (Å²) >= 11 is 0. The number of hydrogen-bond acceptors (Lipinski definition) is 5. The van der Waals surface area contributed by atoms with Gasteiger partial charge >= 0.3 is 5.97 Å². The first-order valence-corrected chi connectivity index (χ1v) is 13.2. The number of phenols is 1. The normalized spacial score (nSPS) is 12.9. The van der Waals surface area contributed by atoms with Crippen molar-refractivity contribution in [1.82, 2.24) is 5.32 Å². The Morgan fingerprint density at radius 3 is 1.97 bits per heavy atom. The molecule has 0 bridgehead atoms. The van der Waals surface area contributed by atoms with Crippen LogP contribution >= 0.6 is 0 Å². The molecule has 0 radical (unpaired) electrons. The molecule has 37 heavy (non-hydrogen) atoms. The van der Waals surface area contributed by atoms with Crippen LogP contribution in [0.2, 0.25) is 0 Å². The molecule has 2 N–H and O–H groups in total. The second-order valence-electron chi connectivity index (χ2n) is 8.21. The molecule has 1 unspecified atom stereocenters. The van der Waals surface area contributed by atoms with Crippen molar-refractivity contribution in [1.29, 1.82) is 0 Å². The van der Waals surface area contributed by atoms with Crippen LogP contribution in [-0.2, 0) is 14.3 Å². The van der Waals surface area contributed by atoms with E-state index >= 15 is 0 Å². The van der Waals surface area contributed by atoms with Crippen LogP contribution in [0.15, 0.2) is 85.0 Å². The fourth-order valence-corrected chi connectivity index (χ4v) is 3.18. The van der Waals surface area contributed by atoms with E-state index in [0.717, 1.165) is 38.5 Å². The van der Waals surface area contributed by atoms with E-state index in [2.05, 4.69) is 73.0 Å². The Kier molecular flexibility index (Phi) is 18.7. The first kappa shape index (κ1) is 31.6. The summed E-state index contributed by atoms with van der Waals surface area (Å²) in [5.41, 5.74) is 0.0960. The number of carbonyl (C=O) groups excluding carboxylic acids is 2. The van der Waals surface area contributed by atoms with Crippen LogP contribution in [0.5, 0.6) is 5.75 Å². The highest BCUT2D eigenvalue weighted by Crippen LogP contribution is 2.16. The average Bonchev–Trinajstić information content (AvgIpc) is 2.90. The number of esters is 1. The molecule has 0 heterocycles.